The fraction of sp³-hybridized carbons (Fsp3) is 1.00. The zero-order chi connectivity index (χ0) is 22.8. The highest BCUT2D eigenvalue weighted by atomic mass is 16.6. The van der Waals surface area contributed by atoms with E-state index in [0.717, 1.165) is 57.8 Å². The van der Waals surface area contributed by atoms with Gasteiger partial charge >= 0.3 is 0 Å². The Morgan fingerprint density at radius 3 is 2.10 bits per heavy atom. The standard InChI is InChI=1S/C26H50O4/c1-23(2,28)16-8-11-19(12-9-17-24(3,4)30-25(5,6)29)20-14-15-21-22(27)13-10-18-26(20,21)7/h19-22,27-29H,8-18H2,1-7H3/t19-,20-,21?,22+,26-/m1/s1. The lowest BCUT2D eigenvalue weighted by Crippen LogP contribution is -2.42. The molecule has 4 nitrogen and oxygen atoms in total. The molecule has 0 aliphatic heterocycles. The van der Waals surface area contributed by atoms with E-state index in [9.17, 15) is 15.3 Å². The Balaban J connectivity index is 2.04. The Kier molecular flexibility index (Phi) is 8.50. The minimum absolute atomic E-state index is 0.120. The summed E-state index contributed by atoms with van der Waals surface area (Å²) in [4.78, 5) is 0. The molecule has 0 aromatic heterocycles. The normalized spacial score (nSPS) is 31.6. The Morgan fingerprint density at radius 2 is 1.53 bits per heavy atom. The largest absolute Gasteiger partial charge is 0.393 e. The molecule has 0 aromatic rings. The van der Waals surface area contributed by atoms with Crippen LogP contribution in [0.5, 0.6) is 0 Å². The number of rotatable bonds is 11. The van der Waals surface area contributed by atoms with Crippen molar-refractivity contribution in [1.82, 2.24) is 0 Å². The lowest BCUT2D eigenvalue weighted by Gasteiger charge is -2.46. The van der Waals surface area contributed by atoms with E-state index in [2.05, 4.69) is 20.8 Å². The molecule has 4 heteroatoms. The molecule has 1 unspecified atom stereocenters. The lowest BCUT2D eigenvalue weighted by molar-refractivity contribution is -0.237. The Labute approximate surface area is 185 Å². The minimum Gasteiger partial charge on any atom is -0.393 e. The van der Waals surface area contributed by atoms with Crippen LogP contribution in [0, 0.1) is 23.2 Å². The van der Waals surface area contributed by atoms with Crippen LogP contribution >= 0.6 is 0 Å². The molecule has 0 heterocycles. The first-order valence-corrected chi connectivity index (χ1v) is 12.5. The van der Waals surface area contributed by atoms with Crippen molar-refractivity contribution in [3.05, 3.63) is 0 Å². The predicted molar refractivity (Wildman–Crippen MR) is 123 cm³/mol. The number of aliphatic hydroxyl groups excluding tert-OH is 1. The molecule has 5 atom stereocenters. The first kappa shape index (κ1) is 26.1. The summed E-state index contributed by atoms with van der Waals surface area (Å²) >= 11 is 0. The van der Waals surface area contributed by atoms with Gasteiger partial charge in [0.1, 0.15) is 0 Å². The molecular formula is C26H50O4. The highest BCUT2D eigenvalue weighted by Crippen LogP contribution is 2.59. The molecule has 0 amide bonds. The summed E-state index contributed by atoms with van der Waals surface area (Å²) in [5.74, 6) is 0.645. The average Bonchev–Trinajstić information content (AvgIpc) is 2.88. The molecule has 0 saturated heterocycles. The Morgan fingerprint density at radius 1 is 0.933 bits per heavy atom. The van der Waals surface area contributed by atoms with Crippen LogP contribution in [0.3, 0.4) is 0 Å². The maximum Gasteiger partial charge on any atom is 0.160 e. The lowest BCUT2D eigenvalue weighted by atomic mass is 9.60. The van der Waals surface area contributed by atoms with Crippen molar-refractivity contribution in [1.29, 1.82) is 0 Å². The van der Waals surface area contributed by atoms with Gasteiger partial charge < -0.3 is 20.1 Å². The summed E-state index contributed by atoms with van der Waals surface area (Å²) in [6.07, 6.45) is 11.8. The highest BCUT2D eigenvalue weighted by molar-refractivity contribution is 5.02. The SMILES string of the molecule is CC(C)(O)CCC[C@H](CCCC(C)(C)OC(C)(C)O)[C@H]1CCC2[C@@H](O)CCC[C@@]21C. The molecule has 30 heavy (non-hydrogen) atoms. The van der Waals surface area contributed by atoms with E-state index in [1.807, 2.05) is 13.8 Å². The van der Waals surface area contributed by atoms with Gasteiger partial charge in [-0.15, -0.1) is 0 Å². The van der Waals surface area contributed by atoms with E-state index in [1.54, 1.807) is 13.8 Å². The molecule has 0 bridgehead atoms. The Hall–Kier alpha value is -0.160. The number of hydrogen-bond acceptors (Lipinski definition) is 4. The van der Waals surface area contributed by atoms with E-state index in [0.29, 0.717) is 17.8 Å². The molecular weight excluding hydrogens is 376 g/mol. The van der Waals surface area contributed by atoms with Crippen LogP contribution in [0.2, 0.25) is 0 Å². The minimum atomic E-state index is -1.11. The quantitative estimate of drug-likeness (QED) is 0.364. The zero-order valence-electron chi connectivity index (χ0n) is 20.8. The van der Waals surface area contributed by atoms with E-state index < -0.39 is 11.4 Å². The van der Waals surface area contributed by atoms with Crippen LogP contribution in [0.15, 0.2) is 0 Å². The molecule has 2 fully saturated rings. The molecule has 2 aliphatic carbocycles. The third kappa shape index (κ3) is 7.46. The van der Waals surface area contributed by atoms with Gasteiger partial charge in [-0.25, -0.2) is 0 Å². The van der Waals surface area contributed by atoms with Crippen molar-refractivity contribution in [2.24, 2.45) is 23.2 Å². The third-order valence-corrected chi connectivity index (χ3v) is 7.97. The maximum absolute atomic E-state index is 10.6. The second-order valence-electron chi connectivity index (χ2n) is 12.4. The first-order valence-electron chi connectivity index (χ1n) is 12.5. The van der Waals surface area contributed by atoms with E-state index in [-0.39, 0.29) is 17.1 Å². The predicted octanol–water partition coefficient (Wildman–Crippen LogP) is 5.82. The topological polar surface area (TPSA) is 69.9 Å². The molecule has 0 spiro atoms. The van der Waals surface area contributed by atoms with Crippen molar-refractivity contribution in [3.8, 4) is 0 Å². The van der Waals surface area contributed by atoms with Crippen LogP contribution in [-0.4, -0.2) is 38.4 Å². The molecule has 3 N–H and O–H groups in total. The summed E-state index contributed by atoms with van der Waals surface area (Å²) < 4.78 is 5.87. The summed E-state index contributed by atoms with van der Waals surface area (Å²) in [5, 5.41) is 30.9. The van der Waals surface area contributed by atoms with Gasteiger partial charge in [0.05, 0.1) is 17.3 Å². The fourth-order valence-electron chi connectivity index (χ4n) is 6.82. The highest BCUT2D eigenvalue weighted by Gasteiger charge is 2.52. The van der Waals surface area contributed by atoms with Gasteiger partial charge in [-0.3, -0.25) is 0 Å². The van der Waals surface area contributed by atoms with Gasteiger partial charge in [0.25, 0.3) is 0 Å². The van der Waals surface area contributed by atoms with Crippen LogP contribution in [0.4, 0.5) is 0 Å². The monoisotopic (exact) mass is 426 g/mol. The van der Waals surface area contributed by atoms with Gasteiger partial charge in [0, 0.05) is 0 Å². The second kappa shape index (κ2) is 9.77. The second-order valence-corrected chi connectivity index (χ2v) is 12.4. The summed E-state index contributed by atoms with van der Waals surface area (Å²) in [6.45, 7) is 13.8. The summed E-state index contributed by atoms with van der Waals surface area (Å²) in [5.41, 5.74) is -0.689. The average molecular weight is 427 g/mol. The van der Waals surface area contributed by atoms with E-state index in [4.69, 9.17) is 4.74 Å². The third-order valence-electron chi connectivity index (χ3n) is 7.97. The summed E-state index contributed by atoms with van der Waals surface area (Å²) in [7, 11) is 0. The van der Waals surface area contributed by atoms with Gasteiger partial charge in [0.15, 0.2) is 5.79 Å². The molecule has 0 aromatic carbocycles. The maximum atomic E-state index is 10.6. The van der Waals surface area contributed by atoms with Crippen molar-refractivity contribution in [2.75, 3.05) is 0 Å². The van der Waals surface area contributed by atoms with Crippen molar-refractivity contribution >= 4 is 0 Å². The van der Waals surface area contributed by atoms with Gasteiger partial charge in [-0.05, 0) is 103 Å². The van der Waals surface area contributed by atoms with E-state index in [1.165, 1.54) is 12.8 Å². The number of fused-ring (bicyclic) bond motifs is 1. The smallest absolute Gasteiger partial charge is 0.160 e. The van der Waals surface area contributed by atoms with E-state index >= 15 is 0 Å². The van der Waals surface area contributed by atoms with Crippen LogP contribution in [-0.2, 0) is 4.74 Å². The Bertz CT molecular complexity index is 530. The van der Waals surface area contributed by atoms with Crippen LogP contribution in [0.1, 0.15) is 119 Å². The zero-order valence-corrected chi connectivity index (χ0v) is 20.8. The van der Waals surface area contributed by atoms with Crippen LogP contribution < -0.4 is 0 Å². The van der Waals surface area contributed by atoms with Gasteiger partial charge in [0.2, 0.25) is 0 Å². The van der Waals surface area contributed by atoms with Gasteiger partial charge in [-0.1, -0.05) is 39.0 Å². The molecule has 0 radical (unpaired) electrons. The van der Waals surface area contributed by atoms with Crippen LogP contribution in [0.25, 0.3) is 0 Å². The first-order chi connectivity index (χ1) is 13.6. The fourth-order valence-corrected chi connectivity index (χ4v) is 6.82. The van der Waals surface area contributed by atoms with Crippen molar-refractivity contribution in [3.63, 3.8) is 0 Å². The van der Waals surface area contributed by atoms with Gasteiger partial charge in [-0.2, -0.15) is 0 Å². The molecule has 2 saturated carbocycles. The summed E-state index contributed by atoms with van der Waals surface area (Å²) in [6, 6.07) is 0. The van der Waals surface area contributed by atoms with Crippen molar-refractivity contribution in [2.45, 2.75) is 142 Å². The number of hydrogen-bond donors (Lipinski definition) is 3. The molecule has 2 aliphatic rings. The number of ether oxygens (including phenoxy) is 1. The van der Waals surface area contributed by atoms with Crippen molar-refractivity contribution < 1.29 is 20.1 Å². The number of aliphatic hydroxyl groups is 3. The molecule has 178 valence electrons. The molecule has 2 rings (SSSR count).